The van der Waals surface area contributed by atoms with Gasteiger partial charge in [0.2, 0.25) is 5.91 Å². The predicted molar refractivity (Wildman–Crippen MR) is 106 cm³/mol. The van der Waals surface area contributed by atoms with Gasteiger partial charge in [0.05, 0.1) is 18.2 Å². The van der Waals surface area contributed by atoms with Gasteiger partial charge in [0.15, 0.2) is 0 Å². The third-order valence-corrected chi connectivity index (χ3v) is 4.92. The van der Waals surface area contributed by atoms with Crippen molar-refractivity contribution in [1.82, 2.24) is 5.32 Å². The summed E-state index contributed by atoms with van der Waals surface area (Å²) in [4.78, 5) is 25.0. The molecule has 0 bridgehead atoms. The van der Waals surface area contributed by atoms with Gasteiger partial charge in [-0.1, -0.05) is 30.3 Å². The number of sulfone groups is 1. The number of carbonyl (C=O) groups excluding carboxylic acids is 2. The lowest BCUT2D eigenvalue weighted by atomic mass is 10.1. The molecule has 2 rings (SSSR count). The summed E-state index contributed by atoms with van der Waals surface area (Å²) in [5, 5.41) is 14.0. The molecule has 2 aromatic rings. The van der Waals surface area contributed by atoms with Crippen LogP contribution in [0.3, 0.4) is 0 Å². The van der Waals surface area contributed by atoms with E-state index in [2.05, 4.69) is 10.6 Å². The number of rotatable bonds is 8. The van der Waals surface area contributed by atoms with E-state index in [-0.39, 0.29) is 18.6 Å². The number of nitriles is 1. The smallest absolute Gasteiger partial charge is 0.251 e. The molecule has 0 radical (unpaired) electrons. The maximum absolute atomic E-state index is 12.6. The highest BCUT2D eigenvalue weighted by atomic mass is 32.2. The molecule has 1 atom stereocenters. The van der Waals surface area contributed by atoms with Gasteiger partial charge in [0, 0.05) is 17.5 Å². The molecule has 0 heterocycles. The summed E-state index contributed by atoms with van der Waals surface area (Å²) in [5.41, 5.74) is 1.68. The molecule has 8 heteroatoms. The van der Waals surface area contributed by atoms with E-state index in [0.29, 0.717) is 11.3 Å². The fourth-order valence-electron chi connectivity index (χ4n) is 2.46. The fourth-order valence-corrected chi connectivity index (χ4v) is 3.12. The lowest BCUT2D eigenvalue weighted by Gasteiger charge is -2.18. The van der Waals surface area contributed by atoms with Crippen LogP contribution in [-0.4, -0.2) is 38.3 Å². The molecule has 0 aliphatic rings. The first-order valence-corrected chi connectivity index (χ1v) is 10.6. The molecule has 7 nitrogen and oxygen atoms in total. The molecule has 28 heavy (non-hydrogen) atoms. The summed E-state index contributed by atoms with van der Waals surface area (Å²) in [6, 6.07) is 16.1. The van der Waals surface area contributed by atoms with Gasteiger partial charge in [0.1, 0.15) is 15.9 Å². The van der Waals surface area contributed by atoms with Crippen molar-refractivity contribution in [1.29, 1.82) is 5.26 Å². The number of nitrogens with one attached hydrogen (secondary N) is 2. The van der Waals surface area contributed by atoms with Gasteiger partial charge < -0.3 is 10.6 Å². The SMILES string of the molecule is CS(=O)(=O)CC[C@@H](NC(=O)c1ccccc1)C(=O)Nc1ccc(CC#N)cc1. The highest BCUT2D eigenvalue weighted by Gasteiger charge is 2.23. The van der Waals surface area contributed by atoms with Crippen LogP contribution in [0, 0.1) is 11.3 Å². The Labute approximate surface area is 164 Å². The zero-order chi connectivity index (χ0) is 20.6. The molecule has 146 valence electrons. The average molecular weight is 399 g/mol. The van der Waals surface area contributed by atoms with Gasteiger partial charge in [-0.05, 0) is 36.2 Å². The van der Waals surface area contributed by atoms with Crippen molar-refractivity contribution in [2.45, 2.75) is 18.9 Å². The van der Waals surface area contributed by atoms with Crippen molar-refractivity contribution >= 4 is 27.3 Å². The van der Waals surface area contributed by atoms with Crippen LogP contribution in [0.1, 0.15) is 22.3 Å². The third-order valence-electron chi connectivity index (χ3n) is 3.94. The summed E-state index contributed by atoms with van der Waals surface area (Å²) < 4.78 is 23.0. The minimum absolute atomic E-state index is 0.0459. The van der Waals surface area contributed by atoms with Gasteiger partial charge in [-0.25, -0.2) is 8.42 Å². The van der Waals surface area contributed by atoms with E-state index < -0.39 is 27.7 Å². The van der Waals surface area contributed by atoms with Gasteiger partial charge >= 0.3 is 0 Å². The number of amides is 2. The second-order valence-corrected chi connectivity index (χ2v) is 8.59. The van der Waals surface area contributed by atoms with Crippen LogP contribution in [0.25, 0.3) is 0 Å². The number of carbonyl (C=O) groups is 2. The predicted octanol–water partition coefficient (Wildman–Crippen LogP) is 1.92. The number of anilines is 1. The monoisotopic (exact) mass is 399 g/mol. The van der Waals surface area contributed by atoms with E-state index >= 15 is 0 Å². The largest absolute Gasteiger partial charge is 0.340 e. The molecule has 2 aromatic carbocycles. The first-order valence-electron chi connectivity index (χ1n) is 8.59. The van der Waals surface area contributed by atoms with Crippen LogP contribution >= 0.6 is 0 Å². The molecular weight excluding hydrogens is 378 g/mol. The molecule has 0 aliphatic carbocycles. The Kier molecular flexibility index (Phi) is 7.29. The third kappa shape index (κ3) is 6.85. The number of nitrogens with zero attached hydrogens (tertiary/aromatic N) is 1. The molecule has 0 saturated carbocycles. The van der Waals surface area contributed by atoms with Crippen LogP contribution in [0.4, 0.5) is 5.69 Å². The molecule has 0 aromatic heterocycles. The Hall–Kier alpha value is -3.18. The van der Waals surface area contributed by atoms with E-state index in [1.807, 2.05) is 6.07 Å². The van der Waals surface area contributed by atoms with E-state index in [0.717, 1.165) is 11.8 Å². The average Bonchev–Trinajstić information content (AvgIpc) is 2.66. The van der Waals surface area contributed by atoms with Crippen LogP contribution in [0.15, 0.2) is 54.6 Å². The molecule has 2 amide bonds. The zero-order valence-electron chi connectivity index (χ0n) is 15.4. The molecule has 0 spiro atoms. The van der Waals surface area contributed by atoms with Crippen LogP contribution in [0.2, 0.25) is 0 Å². The lowest BCUT2D eigenvalue weighted by molar-refractivity contribution is -0.118. The van der Waals surface area contributed by atoms with Gasteiger partial charge in [-0.3, -0.25) is 9.59 Å². The topological polar surface area (TPSA) is 116 Å². The van der Waals surface area contributed by atoms with Gasteiger partial charge in [0.25, 0.3) is 5.91 Å². The van der Waals surface area contributed by atoms with E-state index in [9.17, 15) is 18.0 Å². The van der Waals surface area contributed by atoms with E-state index in [1.54, 1.807) is 54.6 Å². The quantitative estimate of drug-likeness (QED) is 0.703. The minimum Gasteiger partial charge on any atom is -0.340 e. The molecule has 0 saturated heterocycles. The van der Waals surface area contributed by atoms with Crippen molar-refractivity contribution < 1.29 is 18.0 Å². The van der Waals surface area contributed by atoms with Gasteiger partial charge in [-0.15, -0.1) is 0 Å². The van der Waals surface area contributed by atoms with Crippen LogP contribution < -0.4 is 10.6 Å². The standard InChI is InChI=1S/C20H21N3O4S/c1-28(26,27)14-12-18(23-19(24)16-5-3-2-4-6-16)20(25)22-17-9-7-15(8-10-17)11-13-21/h2-10,18H,11-12,14H2,1H3,(H,22,25)(H,23,24)/t18-/m1/s1. The van der Waals surface area contributed by atoms with Crippen molar-refractivity contribution in [2.75, 3.05) is 17.3 Å². The number of hydrogen-bond donors (Lipinski definition) is 2. The van der Waals surface area contributed by atoms with Crippen LogP contribution in [-0.2, 0) is 21.1 Å². The molecule has 0 fully saturated rings. The maximum Gasteiger partial charge on any atom is 0.251 e. The summed E-state index contributed by atoms with van der Waals surface area (Å²) in [6.45, 7) is 0. The Morgan fingerprint density at radius 3 is 2.29 bits per heavy atom. The summed E-state index contributed by atoms with van der Waals surface area (Å²) in [6.07, 6.45) is 1.29. The second-order valence-electron chi connectivity index (χ2n) is 6.33. The van der Waals surface area contributed by atoms with Crippen molar-refractivity contribution in [3.63, 3.8) is 0 Å². The fraction of sp³-hybridized carbons (Fsp3) is 0.250. The minimum atomic E-state index is -3.30. The lowest BCUT2D eigenvalue weighted by Crippen LogP contribution is -2.44. The van der Waals surface area contributed by atoms with Crippen molar-refractivity contribution in [3.05, 3.63) is 65.7 Å². The second kappa shape index (κ2) is 9.67. The number of hydrogen-bond acceptors (Lipinski definition) is 5. The summed E-state index contributed by atoms with van der Waals surface area (Å²) in [5.74, 6) is -1.21. The zero-order valence-corrected chi connectivity index (χ0v) is 16.2. The highest BCUT2D eigenvalue weighted by Crippen LogP contribution is 2.11. The van der Waals surface area contributed by atoms with Gasteiger partial charge in [-0.2, -0.15) is 5.26 Å². The first kappa shape index (κ1) is 21.1. The van der Waals surface area contributed by atoms with Crippen LogP contribution in [0.5, 0.6) is 0 Å². The maximum atomic E-state index is 12.6. The van der Waals surface area contributed by atoms with Crippen molar-refractivity contribution in [2.24, 2.45) is 0 Å². The molecule has 2 N–H and O–H groups in total. The Morgan fingerprint density at radius 2 is 1.71 bits per heavy atom. The Balaban J connectivity index is 2.11. The normalized spacial score (nSPS) is 11.9. The molecule has 0 aliphatic heterocycles. The molecular formula is C20H21N3O4S. The van der Waals surface area contributed by atoms with Crippen molar-refractivity contribution in [3.8, 4) is 6.07 Å². The Morgan fingerprint density at radius 1 is 1.07 bits per heavy atom. The Bertz CT molecular complexity index is 965. The summed E-state index contributed by atoms with van der Waals surface area (Å²) >= 11 is 0. The highest BCUT2D eigenvalue weighted by molar-refractivity contribution is 7.90. The first-order chi connectivity index (χ1) is 13.3. The summed E-state index contributed by atoms with van der Waals surface area (Å²) in [7, 11) is -3.30. The number of benzene rings is 2. The molecule has 0 unspecified atom stereocenters. The van der Waals surface area contributed by atoms with E-state index in [1.165, 1.54) is 0 Å². The van der Waals surface area contributed by atoms with E-state index in [4.69, 9.17) is 5.26 Å².